The molecule has 1 heterocycles. The predicted octanol–water partition coefficient (Wildman–Crippen LogP) is 3.53. The summed E-state index contributed by atoms with van der Waals surface area (Å²) in [6, 6.07) is 8.92. The van der Waals surface area contributed by atoms with Crippen LogP contribution in [-0.4, -0.2) is 63.8 Å². The molecule has 172 valence electrons. The van der Waals surface area contributed by atoms with Gasteiger partial charge in [0, 0.05) is 18.0 Å². The summed E-state index contributed by atoms with van der Waals surface area (Å²) in [6.07, 6.45) is 1.85. The van der Waals surface area contributed by atoms with Crippen LogP contribution in [-0.2, 0) is 24.3 Å². The Morgan fingerprint density at radius 2 is 1.81 bits per heavy atom. The van der Waals surface area contributed by atoms with Crippen LogP contribution < -0.4 is 5.32 Å². The maximum Gasteiger partial charge on any atom is 0.340 e. The van der Waals surface area contributed by atoms with Gasteiger partial charge in [-0.15, -0.1) is 11.8 Å². The molecule has 1 aliphatic rings. The number of morpholine rings is 1. The van der Waals surface area contributed by atoms with Gasteiger partial charge in [0.2, 0.25) is 10.0 Å². The molecular weight excluding hydrogens is 499 g/mol. The molecule has 12 heteroatoms. The van der Waals surface area contributed by atoms with Crippen LogP contribution in [0.2, 0.25) is 10.0 Å². The number of ether oxygens (including phenoxy) is 2. The highest BCUT2D eigenvalue weighted by Gasteiger charge is 2.27. The summed E-state index contributed by atoms with van der Waals surface area (Å²) < 4.78 is 37.2. The van der Waals surface area contributed by atoms with Gasteiger partial charge in [0.1, 0.15) is 0 Å². The number of nitrogens with zero attached hydrogens (tertiary/aromatic N) is 1. The largest absolute Gasteiger partial charge is 0.452 e. The molecular formula is C20H20Cl2N2O6S2. The summed E-state index contributed by atoms with van der Waals surface area (Å²) in [5.74, 6) is -1.44. The highest BCUT2D eigenvalue weighted by molar-refractivity contribution is 7.98. The van der Waals surface area contributed by atoms with Gasteiger partial charge in [0.05, 0.1) is 39.4 Å². The molecule has 0 spiro atoms. The summed E-state index contributed by atoms with van der Waals surface area (Å²) in [5, 5.41) is 2.82. The van der Waals surface area contributed by atoms with Gasteiger partial charge in [-0.05, 0) is 42.7 Å². The van der Waals surface area contributed by atoms with Crippen molar-refractivity contribution in [3.63, 3.8) is 0 Å². The minimum Gasteiger partial charge on any atom is -0.452 e. The highest BCUT2D eigenvalue weighted by atomic mass is 35.5. The number of thioether (sulfide) groups is 1. The van der Waals surface area contributed by atoms with E-state index in [1.54, 1.807) is 18.2 Å². The Balaban J connectivity index is 1.67. The van der Waals surface area contributed by atoms with Gasteiger partial charge in [-0.25, -0.2) is 13.2 Å². The highest BCUT2D eigenvalue weighted by Crippen LogP contribution is 2.28. The zero-order valence-electron chi connectivity index (χ0n) is 17.0. The number of halogens is 2. The number of rotatable bonds is 7. The van der Waals surface area contributed by atoms with Crippen LogP contribution >= 0.6 is 35.0 Å². The Bertz CT molecular complexity index is 1120. The molecule has 1 aliphatic heterocycles. The van der Waals surface area contributed by atoms with E-state index < -0.39 is 28.5 Å². The SMILES string of the molecule is CSc1ccc(Cl)c(C(=O)OCC(=O)Nc2cc(S(=O)(=O)N3CCOCC3)ccc2Cl)c1. The van der Waals surface area contributed by atoms with Gasteiger partial charge in [0.25, 0.3) is 5.91 Å². The summed E-state index contributed by atoms with van der Waals surface area (Å²) in [5.41, 5.74) is 0.229. The Labute approximate surface area is 200 Å². The monoisotopic (exact) mass is 518 g/mol. The zero-order valence-corrected chi connectivity index (χ0v) is 20.1. The van der Waals surface area contributed by atoms with E-state index in [-0.39, 0.29) is 39.3 Å². The lowest BCUT2D eigenvalue weighted by Gasteiger charge is -2.26. The van der Waals surface area contributed by atoms with Crippen molar-refractivity contribution in [1.82, 2.24) is 4.31 Å². The molecule has 32 heavy (non-hydrogen) atoms. The van der Waals surface area contributed by atoms with E-state index in [0.29, 0.717) is 13.2 Å². The number of amides is 1. The first kappa shape index (κ1) is 24.8. The molecule has 1 amide bonds. The molecule has 0 saturated carbocycles. The van der Waals surface area contributed by atoms with E-state index in [1.165, 1.54) is 34.3 Å². The second-order valence-electron chi connectivity index (χ2n) is 6.63. The number of hydrogen-bond donors (Lipinski definition) is 1. The molecule has 0 aromatic heterocycles. The van der Waals surface area contributed by atoms with E-state index in [4.69, 9.17) is 32.7 Å². The summed E-state index contributed by atoms with van der Waals surface area (Å²) in [7, 11) is -3.77. The molecule has 1 N–H and O–H groups in total. The molecule has 2 aromatic carbocycles. The van der Waals surface area contributed by atoms with Crippen molar-refractivity contribution >= 4 is 62.6 Å². The minimum atomic E-state index is -3.77. The van der Waals surface area contributed by atoms with E-state index in [1.807, 2.05) is 6.26 Å². The lowest BCUT2D eigenvalue weighted by molar-refractivity contribution is -0.119. The molecule has 0 atom stereocenters. The van der Waals surface area contributed by atoms with E-state index >= 15 is 0 Å². The number of anilines is 1. The standard InChI is InChI=1S/C20H20Cl2N2O6S2/c1-31-13-2-4-16(21)15(10-13)20(26)30-12-19(25)23-18-11-14(3-5-17(18)22)32(27,28)24-6-8-29-9-7-24/h2-5,10-11H,6-9,12H2,1H3,(H,23,25). The smallest absolute Gasteiger partial charge is 0.340 e. The van der Waals surface area contributed by atoms with Crippen molar-refractivity contribution < 1.29 is 27.5 Å². The van der Waals surface area contributed by atoms with Gasteiger partial charge < -0.3 is 14.8 Å². The average Bonchev–Trinajstić information content (AvgIpc) is 2.79. The number of esters is 1. The van der Waals surface area contributed by atoms with Gasteiger partial charge in [-0.1, -0.05) is 23.2 Å². The van der Waals surface area contributed by atoms with Crippen molar-refractivity contribution in [2.24, 2.45) is 0 Å². The first-order chi connectivity index (χ1) is 15.2. The minimum absolute atomic E-state index is 0.0169. The molecule has 0 bridgehead atoms. The van der Waals surface area contributed by atoms with Gasteiger partial charge in [0.15, 0.2) is 6.61 Å². The third-order valence-corrected chi connectivity index (χ3v) is 7.83. The zero-order chi connectivity index (χ0) is 23.3. The number of sulfonamides is 1. The summed E-state index contributed by atoms with van der Waals surface area (Å²) in [4.78, 5) is 25.4. The quantitative estimate of drug-likeness (QED) is 0.441. The topological polar surface area (TPSA) is 102 Å². The number of carbonyl (C=O) groups excluding carboxylic acids is 2. The molecule has 8 nitrogen and oxygen atoms in total. The van der Waals surface area contributed by atoms with Crippen LogP contribution in [0.15, 0.2) is 46.2 Å². The maximum atomic E-state index is 12.8. The predicted molar refractivity (Wildman–Crippen MR) is 123 cm³/mol. The number of carbonyl (C=O) groups is 2. The Morgan fingerprint density at radius 1 is 1.12 bits per heavy atom. The van der Waals surface area contributed by atoms with Crippen molar-refractivity contribution in [3.8, 4) is 0 Å². The second kappa shape index (κ2) is 10.9. The molecule has 1 saturated heterocycles. The molecule has 0 aliphatic carbocycles. The fourth-order valence-electron chi connectivity index (χ4n) is 2.88. The third kappa shape index (κ3) is 5.94. The maximum absolute atomic E-state index is 12.8. The van der Waals surface area contributed by atoms with Crippen molar-refractivity contribution in [2.75, 3.05) is 44.5 Å². The Morgan fingerprint density at radius 3 is 2.50 bits per heavy atom. The van der Waals surface area contributed by atoms with Crippen molar-refractivity contribution in [3.05, 3.63) is 52.0 Å². The van der Waals surface area contributed by atoms with E-state index in [0.717, 1.165) is 4.90 Å². The number of hydrogen-bond acceptors (Lipinski definition) is 7. The van der Waals surface area contributed by atoms with Crippen LogP contribution in [0.1, 0.15) is 10.4 Å². The van der Waals surface area contributed by atoms with Gasteiger partial charge in [-0.2, -0.15) is 4.31 Å². The van der Waals surface area contributed by atoms with Crippen LogP contribution in [0.3, 0.4) is 0 Å². The average molecular weight is 519 g/mol. The number of nitrogens with one attached hydrogen (secondary N) is 1. The Hall–Kier alpha value is -1.82. The third-order valence-electron chi connectivity index (χ3n) is 4.55. The first-order valence-electron chi connectivity index (χ1n) is 9.40. The van der Waals surface area contributed by atoms with Crippen LogP contribution in [0.25, 0.3) is 0 Å². The van der Waals surface area contributed by atoms with E-state index in [2.05, 4.69) is 5.32 Å². The molecule has 0 radical (unpaired) electrons. The fourth-order valence-corrected chi connectivity index (χ4v) is 5.11. The number of benzene rings is 2. The van der Waals surface area contributed by atoms with Gasteiger partial charge >= 0.3 is 5.97 Å². The second-order valence-corrected chi connectivity index (χ2v) is 10.3. The lowest BCUT2D eigenvalue weighted by atomic mass is 10.2. The van der Waals surface area contributed by atoms with Gasteiger partial charge in [-0.3, -0.25) is 4.79 Å². The summed E-state index contributed by atoms with van der Waals surface area (Å²) in [6.45, 7) is 0.499. The van der Waals surface area contributed by atoms with Crippen molar-refractivity contribution in [1.29, 1.82) is 0 Å². The van der Waals surface area contributed by atoms with Crippen LogP contribution in [0.5, 0.6) is 0 Å². The first-order valence-corrected chi connectivity index (χ1v) is 12.8. The Kier molecular flexibility index (Phi) is 8.43. The van der Waals surface area contributed by atoms with Crippen molar-refractivity contribution in [2.45, 2.75) is 9.79 Å². The van der Waals surface area contributed by atoms with Crippen LogP contribution in [0, 0.1) is 0 Å². The fraction of sp³-hybridized carbons (Fsp3) is 0.300. The lowest BCUT2D eigenvalue weighted by Crippen LogP contribution is -2.40. The summed E-state index contributed by atoms with van der Waals surface area (Å²) >= 11 is 13.6. The molecule has 1 fully saturated rings. The molecule has 0 unspecified atom stereocenters. The molecule has 2 aromatic rings. The molecule has 3 rings (SSSR count). The van der Waals surface area contributed by atoms with Crippen LogP contribution in [0.4, 0.5) is 5.69 Å². The normalized spacial score (nSPS) is 14.7. The van der Waals surface area contributed by atoms with E-state index in [9.17, 15) is 18.0 Å².